The maximum Gasteiger partial charge on any atom is 0.237 e. The zero-order chi connectivity index (χ0) is 22.8. The van der Waals surface area contributed by atoms with Gasteiger partial charge in [0.1, 0.15) is 6.54 Å². The molecule has 6 nitrogen and oxygen atoms in total. The van der Waals surface area contributed by atoms with E-state index in [-0.39, 0.29) is 17.7 Å². The van der Waals surface area contributed by atoms with Crippen molar-refractivity contribution >= 4 is 17.4 Å². The summed E-state index contributed by atoms with van der Waals surface area (Å²) in [5.41, 5.74) is 4.29. The Morgan fingerprint density at radius 1 is 1.06 bits per heavy atom. The molecule has 2 heterocycles. The first-order chi connectivity index (χ1) is 16.1. The van der Waals surface area contributed by atoms with Crippen molar-refractivity contribution in [2.45, 2.75) is 57.5 Å². The monoisotopic (exact) mass is 441 g/mol. The summed E-state index contributed by atoms with van der Waals surface area (Å²) in [5.74, 6) is 0.603. The Morgan fingerprint density at radius 2 is 1.85 bits per heavy atom. The molecule has 0 atom stereocenters. The molecule has 2 aromatic carbocycles. The van der Waals surface area contributed by atoms with Gasteiger partial charge in [-0.25, -0.2) is 0 Å². The van der Waals surface area contributed by atoms with Crippen molar-refractivity contribution in [3.63, 3.8) is 0 Å². The summed E-state index contributed by atoms with van der Waals surface area (Å²) in [4.78, 5) is 27.6. The number of piperidine rings is 1. The molecule has 0 radical (unpaired) electrons. The van der Waals surface area contributed by atoms with Crippen LogP contribution in [0.2, 0.25) is 0 Å². The van der Waals surface area contributed by atoms with Crippen LogP contribution in [0.5, 0.6) is 0 Å². The van der Waals surface area contributed by atoms with Gasteiger partial charge in [0.05, 0.1) is 17.2 Å². The van der Waals surface area contributed by atoms with Crippen LogP contribution < -0.4 is 0 Å². The predicted octanol–water partition coefficient (Wildman–Crippen LogP) is 4.77. The molecule has 2 aromatic rings. The summed E-state index contributed by atoms with van der Waals surface area (Å²) < 4.78 is 2.14. The number of likely N-dealkylation sites (tertiary alicyclic amines) is 1. The number of amides is 1. The Labute approximate surface area is 194 Å². The Balaban J connectivity index is 1.25. The highest BCUT2D eigenvalue weighted by molar-refractivity contribution is 5.97. The zero-order valence-electron chi connectivity index (χ0n) is 18.9. The largest absolute Gasteiger partial charge is 0.342 e. The molecule has 1 aliphatic carbocycles. The second-order valence-electron chi connectivity index (χ2n) is 9.44. The average Bonchev–Trinajstić information content (AvgIpc) is 3.54. The number of hydrogen-bond acceptors (Lipinski definition) is 4. The van der Waals surface area contributed by atoms with E-state index in [4.69, 9.17) is 10.4 Å². The van der Waals surface area contributed by atoms with Crippen LogP contribution in [0.4, 0.5) is 5.69 Å². The third-order valence-electron chi connectivity index (χ3n) is 7.29. The first kappa shape index (κ1) is 21.5. The van der Waals surface area contributed by atoms with E-state index in [1.54, 1.807) is 24.3 Å². The molecular weight excluding hydrogens is 412 g/mol. The van der Waals surface area contributed by atoms with Crippen LogP contribution in [0.15, 0.2) is 47.6 Å². The molecule has 3 aliphatic rings. The fourth-order valence-corrected chi connectivity index (χ4v) is 5.42. The van der Waals surface area contributed by atoms with E-state index in [0.29, 0.717) is 30.0 Å². The molecule has 0 N–H and O–H groups in total. The number of fused-ring (bicyclic) bond motifs is 1. The minimum Gasteiger partial charge on any atom is -0.342 e. The molecular formula is C27H29N4O2+. The fraction of sp³-hybridized carbons (Fsp3) is 0.444. The first-order valence-electron chi connectivity index (χ1n) is 12.0. The summed E-state index contributed by atoms with van der Waals surface area (Å²) in [6.07, 6.45) is 6.61. The number of nitriles is 1. The van der Waals surface area contributed by atoms with E-state index in [1.165, 1.54) is 18.4 Å². The molecule has 2 aliphatic heterocycles. The maximum atomic E-state index is 12.8. The quantitative estimate of drug-likeness (QED) is 0.495. The van der Waals surface area contributed by atoms with Gasteiger partial charge in [-0.15, -0.1) is 0 Å². The molecule has 0 unspecified atom stereocenters. The summed E-state index contributed by atoms with van der Waals surface area (Å²) in [6, 6.07) is 15.4. The van der Waals surface area contributed by atoms with E-state index in [1.807, 2.05) is 6.07 Å². The van der Waals surface area contributed by atoms with Gasteiger partial charge in [-0.1, -0.05) is 35.7 Å². The summed E-state index contributed by atoms with van der Waals surface area (Å²) >= 11 is 0. The number of hydrogen-bond donors (Lipinski definition) is 0. The smallest absolute Gasteiger partial charge is 0.237 e. The van der Waals surface area contributed by atoms with Gasteiger partial charge in [-0.3, -0.25) is 9.59 Å². The van der Waals surface area contributed by atoms with Crippen LogP contribution in [0.3, 0.4) is 0 Å². The number of carbonyl (C=O) groups is 2. The summed E-state index contributed by atoms with van der Waals surface area (Å²) in [7, 11) is 0. The number of azo groups is 2. The molecule has 0 bridgehead atoms. The fourth-order valence-electron chi connectivity index (χ4n) is 5.42. The van der Waals surface area contributed by atoms with Gasteiger partial charge in [0.15, 0.2) is 11.8 Å². The van der Waals surface area contributed by atoms with Gasteiger partial charge in [0, 0.05) is 49.9 Å². The maximum absolute atomic E-state index is 12.8. The molecule has 5 rings (SSSR count). The van der Waals surface area contributed by atoms with Crippen molar-refractivity contribution in [2.24, 2.45) is 11.0 Å². The Bertz CT molecular complexity index is 1150. The van der Waals surface area contributed by atoms with Crippen molar-refractivity contribution in [1.29, 1.82) is 5.26 Å². The molecule has 168 valence electrons. The van der Waals surface area contributed by atoms with Crippen molar-refractivity contribution in [1.82, 2.24) is 4.90 Å². The van der Waals surface area contributed by atoms with Crippen molar-refractivity contribution in [2.75, 3.05) is 13.1 Å². The Hall–Kier alpha value is -3.33. The SMILES string of the molecule is N#Cc1cccc(C(=O)Cc2ccc3c(c2)[N+](C2CCN(C(=O)C4CCCC4)CC2)=NC3)c1. The first-order valence-corrected chi connectivity index (χ1v) is 12.0. The van der Waals surface area contributed by atoms with Gasteiger partial charge < -0.3 is 4.90 Å². The van der Waals surface area contributed by atoms with Crippen molar-refractivity contribution < 1.29 is 14.3 Å². The lowest BCUT2D eigenvalue weighted by atomic mass is 9.98. The van der Waals surface area contributed by atoms with Crippen LogP contribution in [-0.2, 0) is 17.8 Å². The van der Waals surface area contributed by atoms with Crippen LogP contribution in [-0.4, -0.2) is 40.4 Å². The van der Waals surface area contributed by atoms with E-state index in [9.17, 15) is 9.59 Å². The lowest BCUT2D eigenvalue weighted by Gasteiger charge is -2.31. The lowest BCUT2D eigenvalue weighted by molar-refractivity contribution is -0.552. The molecule has 2 fully saturated rings. The van der Waals surface area contributed by atoms with Gasteiger partial charge in [0.2, 0.25) is 11.6 Å². The highest BCUT2D eigenvalue weighted by Gasteiger charge is 2.37. The lowest BCUT2D eigenvalue weighted by Crippen LogP contribution is -2.44. The van der Waals surface area contributed by atoms with Crippen LogP contribution >= 0.6 is 0 Å². The number of ketones is 1. The Morgan fingerprint density at radius 3 is 2.61 bits per heavy atom. The van der Waals surface area contributed by atoms with E-state index in [0.717, 1.165) is 50.0 Å². The van der Waals surface area contributed by atoms with Gasteiger partial charge in [-0.2, -0.15) is 5.26 Å². The number of nitrogens with zero attached hydrogens (tertiary/aromatic N) is 4. The molecule has 1 amide bonds. The molecule has 1 saturated carbocycles. The molecule has 33 heavy (non-hydrogen) atoms. The van der Waals surface area contributed by atoms with Crippen LogP contribution in [0.25, 0.3) is 0 Å². The van der Waals surface area contributed by atoms with Gasteiger partial charge in [-0.05, 0) is 41.7 Å². The average molecular weight is 442 g/mol. The molecule has 0 spiro atoms. The second-order valence-corrected chi connectivity index (χ2v) is 9.44. The van der Waals surface area contributed by atoms with E-state index < -0.39 is 0 Å². The van der Waals surface area contributed by atoms with Gasteiger partial charge >= 0.3 is 0 Å². The molecule has 0 aromatic heterocycles. The number of carbonyl (C=O) groups excluding carboxylic acids is 2. The highest BCUT2D eigenvalue weighted by atomic mass is 16.2. The summed E-state index contributed by atoms with van der Waals surface area (Å²) in [6.45, 7) is 2.26. The number of rotatable bonds is 5. The van der Waals surface area contributed by atoms with Crippen LogP contribution in [0.1, 0.15) is 65.6 Å². The van der Waals surface area contributed by atoms with E-state index >= 15 is 0 Å². The minimum atomic E-state index is 0.00673. The second kappa shape index (κ2) is 9.27. The zero-order valence-corrected chi connectivity index (χ0v) is 18.9. The third kappa shape index (κ3) is 4.45. The van der Waals surface area contributed by atoms with E-state index in [2.05, 4.69) is 27.8 Å². The third-order valence-corrected chi connectivity index (χ3v) is 7.29. The van der Waals surface area contributed by atoms with Gasteiger partial charge in [0.25, 0.3) is 0 Å². The number of benzene rings is 2. The molecule has 1 saturated heterocycles. The van der Waals surface area contributed by atoms with Crippen molar-refractivity contribution in [3.05, 3.63) is 64.7 Å². The standard InChI is InChI=1S/C27H29N4O2/c28-17-20-4-3-7-22(14-20)26(32)16-19-8-9-23-18-29-31(25(23)15-19)24-10-12-30(13-11-24)27(33)21-5-1-2-6-21/h3-4,7-9,14-15,21,24H,1-2,5-6,10-13,16,18H2/q+1. The van der Waals surface area contributed by atoms with Crippen molar-refractivity contribution in [3.8, 4) is 6.07 Å². The highest BCUT2D eigenvalue weighted by Crippen LogP contribution is 2.33. The topological polar surface area (TPSA) is 76.5 Å². The summed E-state index contributed by atoms with van der Waals surface area (Å²) in [5, 5.41) is 13.9. The Kier molecular flexibility index (Phi) is 6.04. The van der Waals surface area contributed by atoms with Crippen LogP contribution in [0, 0.1) is 17.2 Å². The molecule has 6 heteroatoms. The predicted molar refractivity (Wildman–Crippen MR) is 123 cm³/mol. The minimum absolute atomic E-state index is 0.00673. The normalized spacial score (nSPS) is 18.6. The number of Topliss-reactive ketones (excluding diaryl/α,β-unsaturated/α-hetero) is 1.